The third-order valence-corrected chi connectivity index (χ3v) is 3.34. The summed E-state index contributed by atoms with van der Waals surface area (Å²) >= 11 is 0. The molecule has 3 atom stereocenters. The van der Waals surface area contributed by atoms with E-state index in [4.69, 9.17) is 4.74 Å². The number of carbonyl (C=O) groups excluding carboxylic acids is 1. The summed E-state index contributed by atoms with van der Waals surface area (Å²) in [4.78, 5) is 11.0. The molecule has 0 bridgehead atoms. The Hall–Kier alpha value is -0.570. The van der Waals surface area contributed by atoms with E-state index >= 15 is 0 Å². The van der Waals surface area contributed by atoms with Gasteiger partial charge in [-0.1, -0.05) is 6.92 Å². The van der Waals surface area contributed by atoms with Gasteiger partial charge in [-0.25, -0.2) is 0 Å². The van der Waals surface area contributed by atoms with Crippen LogP contribution in [0.5, 0.6) is 0 Å². The first-order valence-corrected chi connectivity index (χ1v) is 4.45. The number of hydrogen-bond donors (Lipinski definition) is 1. The Bertz CT molecular complexity index is 214. The lowest BCUT2D eigenvalue weighted by Crippen LogP contribution is -2.39. The molecule has 1 saturated carbocycles. The van der Waals surface area contributed by atoms with Crippen molar-refractivity contribution in [2.75, 3.05) is 6.61 Å². The molecule has 3 nitrogen and oxygen atoms in total. The van der Waals surface area contributed by atoms with Crippen LogP contribution in [0.25, 0.3) is 0 Å². The number of fused-ring (bicyclic) bond motifs is 1. The largest absolute Gasteiger partial charge is 0.465 e. The molecule has 68 valence electrons. The van der Waals surface area contributed by atoms with Crippen molar-refractivity contribution in [2.45, 2.75) is 32.3 Å². The first kappa shape index (κ1) is 8.05. The average molecular weight is 170 g/mol. The molecule has 0 aromatic carbocycles. The SMILES string of the molecule is C[C@@]12CC[C@H](O)[C@@H]1COC(=O)C2. The van der Waals surface area contributed by atoms with Crippen LogP contribution in [-0.4, -0.2) is 23.8 Å². The number of hydrogen-bond acceptors (Lipinski definition) is 3. The first-order valence-electron chi connectivity index (χ1n) is 4.45. The molecule has 0 aromatic heterocycles. The minimum absolute atomic E-state index is 0.00868. The summed E-state index contributed by atoms with van der Waals surface area (Å²) in [6, 6.07) is 0. The standard InChI is InChI=1S/C9H14O3/c1-9-3-2-7(10)6(9)5-12-8(11)4-9/h6-7,10H,2-5H2,1H3/t6-,7-,9-/m0/s1. The van der Waals surface area contributed by atoms with Gasteiger partial charge in [0, 0.05) is 5.92 Å². The van der Waals surface area contributed by atoms with E-state index < -0.39 is 0 Å². The molecule has 1 N–H and O–H groups in total. The molecule has 1 heterocycles. The molecule has 1 aliphatic carbocycles. The Kier molecular flexibility index (Phi) is 1.65. The van der Waals surface area contributed by atoms with Crippen LogP contribution in [0.1, 0.15) is 26.2 Å². The third kappa shape index (κ3) is 1.04. The van der Waals surface area contributed by atoms with Gasteiger partial charge in [0.25, 0.3) is 0 Å². The first-order chi connectivity index (χ1) is 5.62. The topological polar surface area (TPSA) is 46.5 Å². The summed E-state index contributed by atoms with van der Waals surface area (Å²) in [5.41, 5.74) is 0.00868. The van der Waals surface area contributed by atoms with E-state index in [1.54, 1.807) is 0 Å². The second-order valence-electron chi connectivity index (χ2n) is 4.23. The van der Waals surface area contributed by atoms with E-state index in [9.17, 15) is 9.90 Å². The lowest BCUT2D eigenvalue weighted by Gasteiger charge is -2.35. The van der Waals surface area contributed by atoms with Crippen molar-refractivity contribution in [1.29, 1.82) is 0 Å². The van der Waals surface area contributed by atoms with Crippen molar-refractivity contribution >= 4 is 5.97 Å². The van der Waals surface area contributed by atoms with Gasteiger partial charge in [-0.2, -0.15) is 0 Å². The minimum atomic E-state index is -0.261. The van der Waals surface area contributed by atoms with Gasteiger partial charge in [0.05, 0.1) is 19.1 Å². The number of esters is 1. The lowest BCUT2D eigenvalue weighted by molar-refractivity contribution is -0.159. The van der Waals surface area contributed by atoms with Gasteiger partial charge in [0.2, 0.25) is 0 Å². The van der Waals surface area contributed by atoms with Gasteiger partial charge < -0.3 is 9.84 Å². The maximum atomic E-state index is 11.0. The number of ether oxygens (including phenoxy) is 1. The Labute approximate surface area is 71.7 Å². The summed E-state index contributed by atoms with van der Waals surface area (Å²) < 4.78 is 4.93. The molecule has 12 heavy (non-hydrogen) atoms. The zero-order valence-corrected chi connectivity index (χ0v) is 7.25. The molecular formula is C9H14O3. The molecule has 0 radical (unpaired) electrons. The molecule has 0 unspecified atom stereocenters. The highest BCUT2D eigenvalue weighted by molar-refractivity contribution is 5.71. The molecule has 1 aliphatic heterocycles. The second kappa shape index (κ2) is 2.46. The predicted molar refractivity (Wildman–Crippen MR) is 42.4 cm³/mol. The van der Waals surface area contributed by atoms with E-state index in [-0.39, 0.29) is 23.4 Å². The molecular weight excluding hydrogens is 156 g/mol. The quantitative estimate of drug-likeness (QED) is 0.545. The summed E-state index contributed by atoms with van der Waals surface area (Å²) in [7, 11) is 0. The summed E-state index contributed by atoms with van der Waals surface area (Å²) in [6.07, 6.45) is 1.99. The Balaban J connectivity index is 2.19. The van der Waals surface area contributed by atoms with Crippen LogP contribution in [0.2, 0.25) is 0 Å². The smallest absolute Gasteiger partial charge is 0.306 e. The molecule has 0 amide bonds. The van der Waals surface area contributed by atoms with E-state index in [1.807, 2.05) is 0 Å². The second-order valence-corrected chi connectivity index (χ2v) is 4.23. The van der Waals surface area contributed by atoms with Crippen LogP contribution in [0.4, 0.5) is 0 Å². The van der Waals surface area contributed by atoms with E-state index in [1.165, 1.54) is 0 Å². The fourth-order valence-electron chi connectivity index (χ4n) is 2.42. The number of carbonyl (C=O) groups is 1. The Morgan fingerprint density at radius 1 is 1.67 bits per heavy atom. The zero-order valence-electron chi connectivity index (χ0n) is 7.25. The van der Waals surface area contributed by atoms with Crippen molar-refractivity contribution in [3.05, 3.63) is 0 Å². The zero-order chi connectivity index (χ0) is 8.77. The molecule has 3 heteroatoms. The fourth-order valence-corrected chi connectivity index (χ4v) is 2.42. The van der Waals surface area contributed by atoms with E-state index in [0.29, 0.717) is 13.0 Å². The van der Waals surface area contributed by atoms with Crippen LogP contribution in [0.15, 0.2) is 0 Å². The highest BCUT2D eigenvalue weighted by Gasteiger charge is 2.49. The Morgan fingerprint density at radius 3 is 3.17 bits per heavy atom. The van der Waals surface area contributed by atoms with Crippen molar-refractivity contribution < 1.29 is 14.6 Å². The highest BCUT2D eigenvalue weighted by atomic mass is 16.5. The monoisotopic (exact) mass is 170 g/mol. The van der Waals surface area contributed by atoms with Crippen LogP contribution in [-0.2, 0) is 9.53 Å². The van der Waals surface area contributed by atoms with Crippen molar-refractivity contribution in [1.82, 2.24) is 0 Å². The molecule has 2 rings (SSSR count). The van der Waals surface area contributed by atoms with Gasteiger partial charge in [0.1, 0.15) is 0 Å². The van der Waals surface area contributed by atoms with Crippen molar-refractivity contribution in [2.24, 2.45) is 11.3 Å². The lowest BCUT2D eigenvalue weighted by atomic mass is 9.75. The predicted octanol–water partition coefficient (Wildman–Crippen LogP) is 0.711. The normalized spacial score (nSPS) is 47.0. The van der Waals surface area contributed by atoms with E-state index in [0.717, 1.165) is 12.8 Å². The number of aliphatic hydroxyl groups is 1. The minimum Gasteiger partial charge on any atom is -0.465 e. The number of rotatable bonds is 0. The van der Waals surface area contributed by atoms with Gasteiger partial charge in [0.15, 0.2) is 0 Å². The molecule has 2 aliphatic rings. The molecule has 2 fully saturated rings. The number of cyclic esters (lactones) is 1. The summed E-state index contributed by atoms with van der Waals surface area (Å²) in [5.74, 6) is 0.0676. The van der Waals surface area contributed by atoms with Gasteiger partial charge in [-0.15, -0.1) is 0 Å². The van der Waals surface area contributed by atoms with Crippen LogP contribution in [0.3, 0.4) is 0 Å². The highest BCUT2D eigenvalue weighted by Crippen LogP contribution is 2.48. The van der Waals surface area contributed by atoms with Crippen LogP contribution < -0.4 is 0 Å². The summed E-state index contributed by atoms with van der Waals surface area (Å²) in [6.45, 7) is 2.49. The maximum Gasteiger partial charge on any atom is 0.306 e. The molecule has 1 saturated heterocycles. The maximum absolute atomic E-state index is 11.0. The van der Waals surface area contributed by atoms with Crippen LogP contribution in [0, 0.1) is 11.3 Å². The van der Waals surface area contributed by atoms with Gasteiger partial charge in [-0.05, 0) is 18.3 Å². The van der Waals surface area contributed by atoms with Crippen molar-refractivity contribution in [3.63, 3.8) is 0 Å². The van der Waals surface area contributed by atoms with Crippen LogP contribution >= 0.6 is 0 Å². The third-order valence-electron chi connectivity index (χ3n) is 3.34. The van der Waals surface area contributed by atoms with Gasteiger partial charge >= 0.3 is 5.97 Å². The van der Waals surface area contributed by atoms with Crippen molar-refractivity contribution in [3.8, 4) is 0 Å². The number of aliphatic hydroxyl groups excluding tert-OH is 1. The average Bonchev–Trinajstić information content (AvgIpc) is 2.27. The van der Waals surface area contributed by atoms with Gasteiger partial charge in [-0.3, -0.25) is 4.79 Å². The summed E-state index contributed by atoms with van der Waals surface area (Å²) in [5, 5.41) is 9.58. The van der Waals surface area contributed by atoms with E-state index in [2.05, 4.69) is 6.92 Å². The fraction of sp³-hybridized carbons (Fsp3) is 0.889. The Morgan fingerprint density at radius 2 is 2.42 bits per heavy atom. The molecule has 0 aromatic rings. The molecule has 0 spiro atoms.